The molecule has 1 nitrogen and oxygen atoms in total. The molecule has 0 aromatic rings. The molecular weight excluding hydrogens is 166 g/mol. The summed E-state index contributed by atoms with van der Waals surface area (Å²) in [5, 5.41) is 3.43. The largest absolute Gasteiger partial charge is 0.387 e. The first-order chi connectivity index (χ1) is 5.37. The minimum Gasteiger partial charge on any atom is -0.387 e. The minimum atomic E-state index is 0.361. The summed E-state index contributed by atoms with van der Waals surface area (Å²) >= 11 is 1.80. The summed E-state index contributed by atoms with van der Waals surface area (Å²) in [6.07, 6.45) is 2.11. The highest BCUT2D eigenvalue weighted by atomic mass is 32.2. The standard InChI is InChI=1S/C10H21NS/c1-8(9(2)12-6)11-7-10(3,4)5/h11H,7H2,1-6H3/b9-8-. The molecule has 2 heteroatoms. The Hall–Kier alpha value is -0.110. The van der Waals surface area contributed by atoms with Crippen molar-refractivity contribution in [3.8, 4) is 0 Å². The molecule has 0 aliphatic carbocycles. The van der Waals surface area contributed by atoms with E-state index in [1.54, 1.807) is 11.8 Å². The molecule has 0 aliphatic rings. The fourth-order valence-corrected chi connectivity index (χ4v) is 1.05. The SMILES string of the molecule is CS/C(C)=C(/C)NCC(C)(C)C. The molecule has 12 heavy (non-hydrogen) atoms. The first-order valence-corrected chi connectivity index (χ1v) is 5.54. The molecule has 0 saturated carbocycles. The van der Waals surface area contributed by atoms with Crippen molar-refractivity contribution in [2.24, 2.45) is 5.41 Å². The van der Waals surface area contributed by atoms with Crippen molar-refractivity contribution in [3.63, 3.8) is 0 Å². The molecular formula is C10H21NS. The zero-order valence-corrected chi connectivity index (χ0v) is 9.93. The summed E-state index contributed by atoms with van der Waals surface area (Å²) in [7, 11) is 0. The topological polar surface area (TPSA) is 12.0 Å². The zero-order valence-electron chi connectivity index (χ0n) is 9.12. The van der Waals surface area contributed by atoms with Gasteiger partial charge in [-0.15, -0.1) is 11.8 Å². The molecule has 0 aliphatic heterocycles. The van der Waals surface area contributed by atoms with E-state index in [9.17, 15) is 0 Å². The van der Waals surface area contributed by atoms with E-state index in [2.05, 4.69) is 46.2 Å². The normalized spacial score (nSPS) is 14.2. The zero-order chi connectivity index (χ0) is 9.78. The van der Waals surface area contributed by atoms with Gasteiger partial charge in [0.05, 0.1) is 0 Å². The van der Waals surface area contributed by atoms with Gasteiger partial charge in [-0.2, -0.15) is 0 Å². The van der Waals surface area contributed by atoms with Gasteiger partial charge < -0.3 is 5.32 Å². The lowest BCUT2D eigenvalue weighted by Crippen LogP contribution is -2.25. The Morgan fingerprint density at radius 2 is 1.75 bits per heavy atom. The fraction of sp³-hybridized carbons (Fsp3) is 0.800. The summed E-state index contributed by atoms with van der Waals surface area (Å²) in [6.45, 7) is 12.0. The van der Waals surface area contributed by atoms with E-state index in [1.165, 1.54) is 10.6 Å². The van der Waals surface area contributed by atoms with Crippen molar-refractivity contribution in [2.45, 2.75) is 34.6 Å². The van der Waals surface area contributed by atoms with Gasteiger partial charge in [-0.1, -0.05) is 20.8 Å². The summed E-state index contributed by atoms with van der Waals surface area (Å²) in [6, 6.07) is 0. The molecule has 0 saturated heterocycles. The smallest absolute Gasteiger partial charge is 0.0192 e. The maximum Gasteiger partial charge on any atom is 0.0192 e. The highest BCUT2D eigenvalue weighted by Gasteiger charge is 2.09. The number of thioether (sulfide) groups is 1. The van der Waals surface area contributed by atoms with Crippen molar-refractivity contribution in [2.75, 3.05) is 12.8 Å². The van der Waals surface area contributed by atoms with Crippen LogP contribution in [0.2, 0.25) is 0 Å². The Morgan fingerprint density at radius 1 is 1.25 bits per heavy atom. The number of nitrogens with one attached hydrogen (secondary N) is 1. The monoisotopic (exact) mass is 187 g/mol. The van der Waals surface area contributed by atoms with E-state index in [-0.39, 0.29) is 0 Å². The van der Waals surface area contributed by atoms with Crippen LogP contribution in [0.1, 0.15) is 34.6 Å². The van der Waals surface area contributed by atoms with Gasteiger partial charge in [0, 0.05) is 17.1 Å². The number of rotatable bonds is 3. The number of hydrogen-bond acceptors (Lipinski definition) is 2. The quantitative estimate of drug-likeness (QED) is 0.728. The first kappa shape index (κ1) is 11.9. The molecule has 0 amide bonds. The maximum atomic E-state index is 3.43. The van der Waals surface area contributed by atoms with E-state index in [0.29, 0.717) is 5.41 Å². The average Bonchev–Trinajstić information content (AvgIpc) is 1.97. The summed E-state index contributed by atoms with van der Waals surface area (Å²) in [5.74, 6) is 0. The van der Waals surface area contributed by atoms with Crippen molar-refractivity contribution in [1.82, 2.24) is 5.32 Å². The lowest BCUT2D eigenvalue weighted by Gasteiger charge is -2.20. The Morgan fingerprint density at radius 3 is 2.08 bits per heavy atom. The van der Waals surface area contributed by atoms with Crippen molar-refractivity contribution in [1.29, 1.82) is 0 Å². The summed E-state index contributed by atoms with van der Waals surface area (Å²) < 4.78 is 0. The second-order valence-corrected chi connectivity index (χ2v) is 5.32. The third-order valence-electron chi connectivity index (χ3n) is 1.72. The lowest BCUT2D eigenvalue weighted by molar-refractivity contribution is 0.396. The van der Waals surface area contributed by atoms with E-state index in [0.717, 1.165) is 6.54 Å². The predicted molar refractivity (Wildman–Crippen MR) is 59.3 cm³/mol. The van der Waals surface area contributed by atoms with E-state index in [4.69, 9.17) is 0 Å². The van der Waals surface area contributed by atoms with E-state index < -0.39 is 0 Å². The Balaban J connectivity index is 3.95. The molecule has 0 rings (SSSR count). The molecule has 0 radical (unpaired) electrons. The van der Waals surface area contributed by atoms with Gasteiger partial charge in [0.25, 0.3) is 0 Å². The lowest BCUT2D eigenvalue weighted by atomic mass is 9.97. The van der Waals surface area contributed by atoms with Crippen LogP contribution >= 0.6 is 11.8 Å². The molecule has 0 bridgehead atoms. The Kier molecular flexibility index (Phi) is 4.76. The second-order valence-electron chi connectivity index (χ2n) is 4.30. The van der Waals surface area contributed by atoms with Gasteiger partial charge in [-0.25, -0.2) is 0 Å². The predicted octanol–water partition coefficient (Wildman–Crippen LogP) is 3.24. The van der Waals surface area contributed by atoms with Crippen LogP contribution in [-0.2, 0) is 0 Å². The van der Waals surface area contributed by atoms with Crippen molar-refractivity contribution >= 4 is 11.8 Å². The molecule has 0 atom stereocenters. The third-order valence-corrected chi connectivity index (χ3v) is 2.64. The van der Waals surface area contributed by atoms with Gasteiger partial charge in [-0.05, 0) is 25.5 Å². The van der Waals surface area contributed by atoms with Gasteiger partial charge >= 0.3 is 0 Å². The fourth-order valence-electron chi connectivity index (χ4n) is 0.675. The van der Waals surface area contributed by atoms with Gasteiger partial charge in [-0.3, -0.25) is 0 Å². The van der Waals surface area contributed by atoms with E-state index >= 15 is 0 Å². The third kappa shape index (κ3) is 5.53. The van der Waals surface area contributed by atoms with Crippen molar-refractivity contribution < 1.29 is 0 Å². The first-order valence-electron chi connectivity index (χ1n) is 4.32. The van der Waals surface area contributed by atoms with Gasteiger partial charge in [0.1, 0.15) is 0 Å². The Bertz CT molecular complexity index is 165. The highest BCUT2D eigenvalue weighted by molar-refractivity contribution is 8.02. The van der Waals surface area contributed by atoms with Crippen LogP contribution in [0, 0.1) is 5.41 Å². The van der Waals surface area contributed by atoms with E-state index in [1.807, 2.05) is 0 Å². The summed E-state index contributed by atoms with van der Waals surface area (Å²) in [4.78, 5) is 1.37. The van der Waals surface area contributed by atoms with Crippen molar-refractivity contribution in [3.05, 3.63) is 10.6 Å². The molecule has 1 N–H and O–H groups in total. The molecule has 0 unspecified atom stereocenters. The van der Waals surface area contributed by atoms with Crippen LogP contribution in [0.5, 0.6) is 0 Å². The molecule has 72 valence electrons. The Labute approximate surface area is 81.0 Å². The van der Waals surface area contributed by atoms with Gasteiger partial charge in [0.15, 0.2) is 0 Å². The van der Waals surface area contributed by atoms with Crippen LogP contribution in [0.4, 0.5) is 0 Å². The minimum absolute atomic E-state index is 0.361. The van der Waals surface area contributed by atoms with Crippen LogP contribution in [0.3, 0.4) is 0 Å². The average molecular weight is 187 g/mol. The van der Waals surface area contributed by atoms with Crippen LogP contribution < -0.4 is 5.32 Å². The van der Waals surface area contributed by atoms with Gasteiger partial charge in [0.2, 0.25) is 0 Å². The molecule has 0 fully saturated rings. The summed E-state index contributed by atoms with van der Waals surface area (Å²) in [5.41, 5.74) is 1.66. The highest BCUT2D eigenvalue weighted by Crippen LogP contribution is 2.16. The van der Waals surface area contributed by atoms with Crippen LogP contribution in [0.25, 0.3) is 0 Å². The maximum absolute atomic E-state index is 3.43. The molecule has 0 heterocycles. The number of hydrogen-bond donors (Lipinski definition) is 1. The number of allylic oxidation sites excluding steroid dienone is 2. The molecule has 0 aromatic carbocycles. The molecule has 0 aromatic heterocycles. The van der Waals surface area contributed by atoms with Crippen LogP contribution in [0.15, 0.2) is 10.6 Å². The van der Waals surface area contributed by atoms with Crippen LogP contribution in [-0.4, -0.2) is 12.8 Å². The second kappa shape index (κ2) is 4.80. The molecule has 0 spiro atoms.